The molecule has 0 aliphatic rings. The number of nitrogens with zero attached hydrogens (tertiary/aromatic N) is 2. The minimum absolute atomic E-state index is 0.113. The van der Waals surface area contributed by atoms with E-state index in [1.165, 1.54) is 4.90 Å². The Labute approximate surface area is 118 Å². The Hall–Kier alpha value is -1.85. The molecule has 0 saturated heterocycles. The average molecular weight is 276 g/mol. The summed E-state index contributed by atoms with van der Waals surface area (Å²) in [6.45, 7) is 2.91. The SMILES string of the molecule is CCn1c(C(=O)N(CCO)CCO)cc2ccccc21. The van der Waals surface area contributed by atoms with Crippen molar-refractivity contribution in [3.05, 3.63) is 36.0 Å². The summed E-state index contributed by atoms with van der Waals surface area (Å²) in [7, 11) is 0. The molecule has 20 heavy (non-hydrogen) atoms. The molecule has 0 aliphatic carbocycles. The van der Waals surface area contributed by atoms with E-state index in [2.05, 4.69) is 0 Å². The van der Waals surface area contributed by atoms with Crippen LogP contribution in [0.2, 0.25) is 0 Å². The molecule has 0 spiro atoms. The Morgan fingerprint density at radius 2 is 1.85 bits per heavy atom. The van der Waals surface area contributed by atoms with Crippen LogP contribution in [0.15, 0.2) is 30.3 Å². The lowest BCUT2D eigenvalue weighted by atomic mass is 10.2. The Bertz CT molecular complexity index is 586. The smallest absolute Gasteiger partial charge is 0.270 e. The predicted octanol–water partition coefficient (Wildman–Crippen LogP) is 1.09. The molecule has 2 N–H and O–H groups in total. The zero-order valence-electron chi connectivity index (χ0n) is 11.6. The van der Waals surface area contributed by atoms with Crippen LogP contribution >= 0.6 is 0 Å². The maximum Gasteiger partial charge on any atom is 0.270 e. The number of aliphatic hydroxyl groups excluding tert-OH is 2. The minimum Gasteiger partial charge on any atom is -0.395 e. The first-order valence-electron chi connectivity index (χ1n) is 6.82. The monoisotopic (exact) mass is 276 g/mol. The molecule has 1 heterocycles. The number of carbonyl (C=O) groups excluding carboxylic acids is 1. The van der Waals surface area contributed by atoms with E-state index in [-0.39, 0.29) is 32.2 Å². The van der Waals surface area contributed by atoms with Crippen LogP contribution in [-0.2, 0) is 6.54 Å². The van der Waals surface area contributed by atoms with E-state index in [0.717, 1.165) is 10.9 Å². The Morgan fingerprint density at radius 3 is 2.45 bits per heavy atom. The zero-order valence-corrected chi connectivity index (χ0v) is 11.6. The number of aromatic nitrogens is 1. The van der Waals surface area contributed by atoms with Crippen LogP contribution in [0.1, 0.15) is 17.4 Å². The standard InChI is InChI=1S/C15H20N2O3/c1-2-17-13-6-4-3-5-12(13)11-14(17)15(20)16(7-9-18)8-10-19/h3-6,11,18-19H,2,7-10H2,1H3. The van der Waals surface area contributed by atoms with E-state index >= 15 is 0 Å². The van der Waals surface area contributed by atoms with Crippen molar-refractivity contribution in [1.29, 1.82) is 0 Å². The summed E-state index contributed by atoms with van der Waals surface area (Å²) in [6.07, 6.45) is 0. The van der Waals surface area contributed by atoms with Gasteiger partial charge in [-0.25, -0.2) is 0 Å². The van der Waals surface area contributed by atoms with Gasteiger partial charge in [0, 0.05) is 30.5 Å². The second-order valence-electron chi connectivity index (χ2n) is 4.57. The lowest BCUT2D eigenvalue weighted by Crippen LogP contribution is -2.36. The van der Waals surface area contributed by atoms with Gasteiger partial charge in [-0.15, -0.1) is 0 Å². The molecule has 0 fully saturated rings. The number of amides is 1. The molecule has 0 unspecified atom stereocenters. The number of aryl methyl sites for hydroxylation is 1. The van der Waals surface area contributed by atoms with Crippen LogP contribution in [0.4, 0.5) is 0 Å². The molecule has 5 nitrogen and oxygen atoms in total. The number of para-hydroxylation sites is 1. The van der Waals surface area contributed by atoms with E-state index in [1.807, 2.05) is 41.8 Å². The van der Waals surface area contributed by atoms with Crippen molar-refractivity contribution in [2.75, 3.05) is 26.3 Å². The van der Waals surface area contributed by atoms with Crippen molar-refractivity contribution < 1.29 is 15.0 Å². The van der Waals surface area contributed by atoms with Crippen molar-refractivity contribution in [2.24, 2.45) is 0 Å². The summed E-state index contributed by atoms with van der Waals surface area (Å²) in [5, 5.41) is 19.1. The molecule has 0 saturated carbocycles. The van der Waals surface area contributed by atoms with Crippen molar-refractivity contribution in [3.8, 4) is 0 Å². The van der Waals surface area contributed by atoms with Crippen LogP contribution < -0.4 is 0 Å². The molecule has 0 radical (unpaired) electrons. The van der Waals surface area contributed by atoms with Gasteiger partial charge in [0.1, 0.15) is 5.69 Å². The third-order valence-electron chi connectivity index (χ3n) is 3.37. The Balaban J connectivity index is 2.42. The maximum absolute atomic E-state index is 12.6. The largest absolute Gasteiger partial charge is 0.395 e. The van der Waals surface area contributed by atoms with Gasteiger partial charge in [0.15, 0.2) is 0 Å². The van der Waals surface area contributed by atoms with Gasteiger partial charge in [-0.1, -0.05) is 18.2 Å². The van der Waals surface area contributed by atoms with E-state index in [9.17, 15) is 4.79 Å². The minimum atomic E-state index is -0.161. The molecule has 1 aromatic heterocycles. The summed E-state index contributed by atoms with van der Waals surface area (Å²) in [5.41, 5.74) is 1.61. The first-order chi connectivity index (χ1) is 9.72. The number of carbonyl (C=O) groups is 1. The summed E-state index contributed by atoms with van der Waals surface area (Å²) in [5.74, 6) is -0.161. The van der Waals surface area contributed by atoms with Crippen LogP contribution in [0.5, 0.6) is 0 Å². The fraction of sp³-hybridized carbons (Fsp3) is 0.400. The summed E-state index contributed by atoms with van der Waals surface area (Å²) in [6, 6.07) is 9.71. The number of benzene rings is 1. The summed E-state index contributed by atoms with van der Waals surface area (Å²) >= 11 is 0. The fourth-order valence-electron chi connectivity index (χ4n) is 2.45. The van der Waals surface area contributed by atoms with E-state index < -0.39 is 0 Å². The average Bonchev–Trinajstić information content (AvgIpc) is 2.84. The van der Waals surface area contributed by atoms with Crippen LogP contribution in [0, 0.1) is 0 Å². The van der Waals surface area contributed by atoms with Crippen LogP contribution in [0.25, 0.3) is 10.9 Å². The molecule has 1 aromatic carbocycles. The molecular formula is C15H20N2O3. The Morgan fingerprint density at radius 1 is 1.20 bits per heavy atom. The molecule has 0 bridgehead atoms. The molecule has 0 atom stereocenters. The quantitative estimate of drug-likeness (QED) is 0.830. The first-order valence-corrected chi connectivity index (χ1v) is 6.82. The highest BCUT2D eigenvalue weighted by Gasteiger charge is 2.20. The highest BCUT2D eigenvalue weighted by molar-refractivity contribution is 5.98. The number of aliphatic hydroxyl groups is 2. The number of hydrogen-bond donors (Lipinski definition) is 2. The highest BCUT2D eigenvalue weighted by Crippen LogP contribution is 2.21. The third-order valence-corrected chi connectivity index (χ3v) is 3.37. The highest BCUT2D eigenvalue weighted by atomic mass is 16.3. The van der Waals surface area contributed by atoms with E-state index in [4.69, 9.17) is 10.2 Å². The second kappa shape index (κ2) is 6.54. The predicted molar refractivity (Wildman–Crippen MR) is 77.7 cm³/mol. The van der Waals surface area contributed by atoms with Gasteiger partial charge in [0.2, 0.25) is 0 Å². The maximum atomic E-state index is 12.6. The fourth-order valence-corrected chi connectivity index (χ4v) is 2.45. The lowest BCUT2D eigenvalue weighted by Gasteiger charge is -2.21. The molecule has 2 rings (SSSR count). The van der Waals surface area contributed by atoms with Gasteiger partial charge >= 0.3 is 0 Å². The molecule has 0 aliphatic heterocycles. The van der Waals surface area contributed by atoms with Crippen molar-refractivity contribution in [1.82, 2.24) is 9.47 Å². The van der Waals surface area contributed by atoms with Gasteiger partial charge in [-0.05, 0) is 19.1 Å². The van der Waals surface area contributed by atoms with Gasteiger partial charge in [-0.3, -0.25) is 4.79 Å². The second-order valence-corrected chi connectivity index (χ2v) is 4.57. The van der Waals surface area contributed by atoms with Gasteiger partial charge in [0.25, 0.3) is 5.91 Å². The van der Waals surface area contributed by atoms with Crippen LogP contribution in [-0.4, -0.2) is 51.9 Å². The summed E-state index contributed by atoms with van der Waals surface area (Å²) in [4.78, 5) is 14.0. The third kappa shape index (κ3) is 2.69. The topological polar surface area (TPSA) is 65.7 Å². The number of fused-ring (bicyclic) bond motifs is 1. The lowest BCUT2D eigenvalue weighted by molar-refractivity contribution is 0.0675. The molecule has 1 amide bonds. The Kier molecular flexibility index (Phi) is 4.76. The zero-order chi connectivity index (χ0) is 14.5. The first kappa shape index (κ1) is 14.6. The van der Waals surface area contributed by atoms with Gasteiger partial charge < -0.3 is 19.7 Å². The molecular weight excluding hydrogens is 256 g/mol. The summed E-state index contributed by atoms with van der Waals surface area (Å²) < 4.78 is 1.96. The van der Waals surface area contributed by atoms with Crippen molar-refractivity contribution in [2.45, 2.75) is 13.5 Å². The van der Waals surface area contributed by atoms with E-state index in [1.54, 1.807) is 0 Å². The van der Waals surface area contributed by atoms with Crippen molar-refractivity contribution >= 4 is 16.8 Å². The molecule has 5 heteroatoms. The van der Waals surface area contributed by atoms with Crippen LogP contribution in [0.3, 0.4) is 0 Å². The number of rotatable bonds is 6. The van der Waals surface area contributed by atoms with Gasteiger partial charge in [0.05, 0.1) is 13.2 Å². The van der Waals surface area contributed by atoms with E-state index in [0.29, 0.717) is 12.2 Å². The van der Waals surface area contributed by atoms with Gasteiger partial charge in [-0.2, -0.15) is 0 Å². The molecule has 108 valence electrons. The normalized spacial score (nSPS) is 10.9. The van der Waals surface area contributed by atoms with Crippen molar-refractivity contribution in [3.63, 3.8) is 0 Å². The molecule has 2 aromatic rings. The number of hydrogen-bond acceptors (Lipinski definition) is 3.